The minimum atomic E-state index is -1.22. The van der Waals surface area contributed by atoms with E-state index in [2.05, 4.69) is 0 Å². The molecule has 2 rings (SSSR count). The Morgan fingerprint density at radius 2 is 2.16 bits per heavy atom. The summed E-state index contributed by atoms with van der Waals surface area (Å²) in [6, 6.07) is -0.679. The number of nitrogens with one attached hydrogen (secondary N) is 1. The molecular weight excluding hydrogens is 278 g/mol. The summed E-state index contributed by atoms with van der Waals surface area (Å²) >= 11 is 5.62. The third-order valence-corrected chi connectivity index (χ3v) is 3.29. The predicted molar refractivity (Wildman–Crippen MR) is 66.1 cm³/mol. The van der Waals surface area contributed by atoms with Crippen molar-refractivity contribution in [2.45, 2.75) is 30.9 Å². The van der Waals surface area contributed by atoms with E-state index in [0.717, 1.165) is 10.8 Å². The van der Waals surface area contributed by atoms with Crippen LogP contribution in [0.3, 0.4) is 0 Å². The van der Waals surface area contributed by atoms with Gasteiger partial charge >= 0.3 is 5.69 Å². The zero-order chi connectivity index (χ0) is 14.2. The van der Waals surface area contributed by atoms with Gasteiger partial charge in [0.2, 0.25) is 0 Å². The molecule has 0 amide bonds. The molecule has 0 spiro atoms. The SMILES string of the molecule is N[C@@H]1CO[C@H](Cn2cc(Cl)c(=O)[nH]c2=O)[C@@H](O)[C@H]1O. The van der Waals surface area contributed by atoms with Crippen molar-refractivity contribution in [1.82, 2.24) is 9.55 Å². The number of nitrogens with two attached hydrogens (primary N) is 1. The molecule has 2 heterocycles. The van der Waals surface area contributed by atoms with Gasteiger partial charge in [0.05, 0.1) is 25.3 Å². The van der Waals surface area contributed by atoms with Gasteiger partial charge < -0.3 is 20.7 Å². The highest BCUT2D eigenvalue weighted by atomic mass is 35.5. The average molecular weight is 292 g/mol. The number of halogens is 1. The van der Waals surface area contributed by atoms with Crippen LogP contribution >= 0.6 is 11.6 Å². The molecule has 1 aromatic heterocycles. The molecule has 1 aliphatic rings. The number of aliphatic hydroxyl groups excluding tert-OH is 2. The van der Waals surface area contributed by atoms with E-state index in [1.165, 1.54) is 0 Å². The minimum absolute atomic E-state index is 0.0553. The molecule has 5 N–H and O–H groups in total. The number of aromatic nitrogens is 2. The van der Waals surface area contributed by atoms with E-state index >= 15 is 0 Å². The fourth-order valence-corrected chi connectivity index (χ4v) is 2.04. The molecular formula is C10H14ClN3O5. The van der Waals surface area contributed by atoms with Gasteiger partial charge in [0, 0.05) is 6.20 Å². The monoisotopic (exact) mass is 291 g/mol. The molecule has 0 unspecified atom stereocenters. The number of ether oxygens (including phenoxy) is 1. The molecule has 8 nitrogen and oxygen atoms in total. The van der Waals surface area contributed by atoms with E-state index in [9.17, 15) is 19.8 Å². The van der Waals surface area contributed by atoms with Crippen molar-refractivity contribution in [2.24, 2.45) is 5.73 Å². The molecule has 0 bridgehead atoms. The minimum Gasteiger partial charge on any atom is -0.389 e. The molecule has 9 heteroatoms. The van der Waals surface area contributed by atoms with Crippen molar-refractivity contribution >= 4 is 11.6 Å². The van der Waals surface area contributed by atoms with Crippen LogP contribution in [-0.2, 0) is 11.3 Å². The fraction of sp³-hybridized carbons (Fsp3) is 0.600. The largest absolute Gasteiger partial charge is 0.389 e. The summed E-state index contributed by atoms with van der Waals surface area (Å²) in [5.74, 6) is 0. The van der Waals surface area contributed by atoms with E-state index in [0.29, 0.717) is 0 Å². The van der Waals surface area contributed by atoms with Crippen LogP contribution in [0.15, 0.2) is 15.8 Å². The predicted octanol–water partition coefficient (Wildman–Crippen LogP) is -2.36. The summed E-state index contributed by atoms with van der Waals surface area (Å²) in [5.41, 5.74) is 4.17. The first-order valence-electron chi connectivity index (χ1n) is 5.62. The van der Waals surface area contributed by atoms with Gasteiger partial charge in [-0.05, 0) is 0 Å². The van der Waals surface area contributed by atoms with Gasteiger partial charge in [0.1, 0.15) is 17.2 Å². The lowest BCUT2D eigenvalue weighted by molar-refractivity contribution is -0.148. The Morgan fingerprint density at radius 3 is 2.84 bits per heavy atom. The smallest absolute Gasteiger partial charge is 0.328 e. The van der Waals surface area contributed by atoms with E-state index in [-0.39, 0.29) is 18.2 Å². The number of aromatic amines is 1. The Labute approximate surface area is 112 Å². The molecule has 0 aromatic carbocycles. The molecule has 0 radical (unpaired) electrons. The molecule has 0 aliphatic carbocycles. The van der Waals surface area contributed by atoms with Gasteiger partial charge in [-0.1, -0.05) is 11.6 Å². The van der Waals surface area contributed by atoms with Crippen molar-refractivity contribution in [2.75, 3.05) is 6.61 Å². The van der Waals surface area contributed by atoms with Crippen molar-refractivity contribution in [1.29, 1.82) is 0 Å². The van der Waals surface area contributed by atoms with Crippen LogP contribution in [0.25, 0.3) is 0 Å². The molecule has 1 aromatic rings. The van der Waals surface area contributed by atoms with Crippen molar-refractivity contribution in [3.05, 3.63) is 32.1 Å². The van der Waals surface area contributed by atoms with Gasteiger partial charge in [-0.3, -0.25) is 14.3 Å². The van der Waals surface area contributed by atoms with Gasteiger partial charge in [-0.25, -0.2) is 4.79 Å². The topological polar surface area (TPSA) is 131 Å². The number of hydrogen-bond acceptors (Lipinski definition) is 6. The molecule has 19 heavy (non-hydrogen) atoms. The quantitative estimate of drug-likeness (QED) is 0.482. The van der Waals surface area contributed by atoms with Crippen LogP contribution in [0, 0.1) is 0 Å². The van der Waals surface area contributed by atoms with Crippen molar-refractivity contribution in [3.8, 4) is 0 Å². The lowest BCUT2D eigenvalue weighted by atomic mass is 9.99. The van der Waals surface area contributed by atoms with Crippen molar-refractivity contribution < 1.29 is 14.9 Å². The number of H-pyrrole nitrogens is 1. The summed E-state index contributed by atoms with van der Waals surface area (Å²) in [4.78, 5) is 24.7. The van der Waals surface area contributed by atoms with E-state index in [1.54, 1.807) is 0 Å². The Balaban J connectivity index is 2.20. The maximum Gasteiger partial charge on any atom is 0.328 e. The van der Waals surface area contributed by atoms with Gasteiger partial charge in [0.25, 0.3) is 5.56 Å². The first-order chi connectivity index (χ1) is 8.90. The van der Waals surface area contributed by atoms with Crippen LogP contribution in [0.5, 0.6) is 0 Å². The summed E-state index contributed by atoms with van der Waals surface area (Å²) < 4.78 is 6.37. The van der Waals surface area contributed by atoms with Crippen LogP contribution in [0.1, 0.15) is 0 Å². The molecule has 1 saturated heterocycles. The highest BCUT2D eigenvalue weighted by Gasteiger charge is 2.36. The first kappa shape index (κ1) is 14.2. The Bertz CT molecular complexity index is 571. The van der Waals surface area contributed by atoms with Gasteiger partial charge in [-0.2, -0.15) is 0 Å². The zero-order valence-electron chi connectivity index (χ0n) is 9.82. The van der Waals surface area contributed by atoms with E-state index in [4.69, 9.17) is 22.1 Å². The van der Waals surface area contributed by atoms with E-state index < -0.39 is 35.6 Å². The highest BCUT2D eigenvalue weighted by Crippen LogP contribution is 2.15. The summed E-state index contributed by atoms with van der Waals surface area (Å²) in [6.45, 7) is 0.00894. The normalized spacial score (nSPS) is 31.4. The highest BCUT2D eigenvalue weighted by molar-refractivity contribution is 6.30. The lowest BCUT2D eigenvalue weighted by Crippen LogP contribution is -2.57. The summed E-state index contributed by atoms with van der Waals surface area (Å²) in [6.07, 6.45) is -2.01. The second kappa shape index (κ2) is 5.43. The Morgan fingerprint density at radius 1 is 1.47 bits per heavy atom. The van der Waals surface area contributed by atoms with Crippen molar-refractivity contribution in [3.63, 3.8) is 0 Å². The molecule has 1 fully saturated rings. The maximum atomic E-state index is 11.5. The second-order valence-corrected chi connectivity index (χ2v) is 4.81. The number of hydrogen-bond donors (Lipinski definition) is 4. The molecule has 4 atom stereocenters. The number of nitrogens with zero attached hydrogens (tertiary/aromatic N) is 1. The maximum absolute atomic E-state index is 11.5. The van der Waals surface area contributed by atoms with Crippen LogP contribution < -0.4 is 17.0 Å². The summed E-state index contributed by atoms with van der Waals surface area (Å²) in [5, 5.41) is 19.3. The lowest BCUT2D eigenvalue weighted by Gasteiger charge is -2.36. The summed E-state index contributed by atoms with van der Waals surface area (Å²) in [7, 11) is 0. The molecule has 1 aliphatic heterocycles. The van der Waals surface area contributed by atoms with Gasteiger partial charge in [-0.15, -0.1) is 0 Å². The zero-order valence-corrected chi connectivity index (χ0v) is 10.6. The molecule has 0 saturated carbocycles. The number of rotatable bonds is 2. The standard InChI is InChI=1S/C10H14ClN3O5/c11-4-1-14(10(18)13-9(4)17)2-6-8(16)7(15)5(12)3-19-6/h1,5-8,15-16H,2-3,12H2,(H,13,17,18)/t5-,6-,7+,8-/m1/s1. The van der Waals surface area contributed by atoms with E-state index in [1.807, 2.05) is 4.98 Å². The Kier molecular flexibility index (Phi) is 4.07. The van der Waals surface area contributed by atoms with Gasteiger partial charge in [0.15, 0.2) is 0 Å². The van der Waals surface area contributed by atoms with Crippen LogP contribution in [-0.4, -0.2) is 50.7 Å². The fourth-order valence-electron chi connectivity index (χ4n) is 1.88. The third kappa shape index (κ3) is 2.88. The first-order valence-corrected chi connectivity index (χ1v) is 6.00. The molecule has 106 valence electrons. The second-order valence-electron chi connectivity index (χ2n) is 4.41. The van der Waals surface area contributed by atoms with Crippen LogP contribution in [0.4, 0.5) is 0 Å². The number of aliphatic hydroxyl groups is 2. The average Bonchev–Trinajstić information content (AvgIpc) is 2.36. The van der Waals surface area contributed by atoms with Crippen LogP contribution in [0.2, 0.25) is 5.02 Å². The Hall–Kier alpha value is -1.19. The third-order valence-electron chi connectivity index (χ3n) is 3.02.